The second-order valence-corrected chi connectivity index (χ2v) is 5.95. The average Bonchev–Trinajstić information content (AvgIpc) is 2.90. The van der Waals surface area contributed by atoms with Crippen molar-refractivity contribution in [2.75, 3.05) is 13.1 Å². The molecular formula is C13H24ClNO. The van der Waals surface area contributed by atoms with Crippen LogP contribution in [0.1, 0.15) is 51.9 Å². The summed E-state index contributed by atoms with van der Waals surface area (Å²) >= 11 is 6.07. The van der Waals surface area contributed by atoms with Gasteiger partial charge in [0.2, 0.25) is 0 Å². The highest BCUT2D eigenvalue weighted by atomic mass is 35.5. The van der Waals surface area contributed by atoms with Gasteiger partial charge in [0.25, 0.3) is 0 Å². The summed E-state index contributed by atoms with van der Waals surface area (Å²) in [6.07, 6.45) is 9.26. The molecule has 3 heteroatoms. The molecule has 2 fully saturated rings. The van der Waals surface area contributed by atoms with Crippen molar-refractivity contribution in [3.8, 4) is 0 Å². The van der Waals surface area contributed by atoms with Crippen molar-refractivity contribution in [3.63, 3.8) is 0 Å². The molecule has 2 nitrogen and oxygen atoms in total. The van der Waals surface area contributed by atoms with Crippen LogP contribution >= 0.6 is 11.6 Å². The molecule has 1 saturated carbocycles. The van der Waals surface area contributed by atoms with E-state index in [-0.39, 0.29) is 11.0 Å². The van der Waals surface area contributed by atoms with Gasteiger partial charge in [0.05, 0.1) is 11.7 Å². The normalized spacial score (nSPS) is 30.0. The average molecular weight is 246 g/mol. The Bertz CT molecular complexity index is 216. The van der Waals surface area contributed by atoms with Gasteiger partial charge in [0.15, 0.2) is 0 Å². The number of halogens is 1. The molecule has 0 aromatic heterocycles. The van der Waals surface area contributed by atoms with E-state index in [0.717, 1.165) is 19.5 Å². The third-order valence-corrected chi connectivity index (χ3v) is 4.50. The largest absolute Gasteiger partial charge is 0.370 e. The SMILES string of the molecule is CCC(Cl)CNCC1CCC2(CCCC2)O1. The van der Waals surface area contributed by atoms with Crippen LogP contribution < -0.4 is 5.32 Å². The minimum atomic E-state index is 0.266. The lowest BCUT2D eigenvalue weighted by Gasteiger charge is -2.24. The van der Waals surface area contributed by atoms with Gasteiger partial charge in [-0.2, -0.15) is 0 Å². The Hall–Kier alpha value is 0.210. The summed E-state index contributed by atoms with van der Waals surface area (Å²) in [6.45, 7) is 4.01. The molecular weight excluding hydrogens is 222 g/mol. The first-order chi connectivity index (χ1) is 7.74. The molecule has 0 aromatic carbocycles. The number of hydrogen-bond acceptors (Lipinski definition) is 2. The van der Waals surface area contributed by atoms with Crippen LogP contribution in [0.5, 0.6) is 0 Å². The lowest BCUT2D eigenvalue weighted by molar-refractivity contribution is -0.0350. The molecule has 1 spiro atoms. The van der Waals surface area contributed by atoms with Crippen LogP contribution in [0.15, 0.2) is 0 Å². The zero-order valence-corrected chi connectivity index (χ0v) is 11.1. The van der Waals surface area contributed by atoms with Crippen LogP contribution in [0.3, 0.4) is 0 Å². The zero-order valence-electron chi connectivity index (χ0n) is 10.3. The van der Waals surface area contributed by atoms with Crippen LogP contribution in [-0.4, -0.2) is 30.2 Å². The monoisotopic (exact) mass is 245 g/mol. The van der Waals surface area contributed by atoms with Gasteiger partial charge in [-0.15, -0.1) is 11.6 Å². The molecule has 94 valence electrons. The van der Waals surface area contributed by atoms with Gasteiger partial charge in [-0.25, -0.2) is 0 Å². The van der Waals surface area contributed by atoms with Crippen molar-refractivity contribution in [3.05, 3.63) is 0 Å². The topological polar surface area (TPSA) is 21.3 Å². The minimum Gasteiger partial charge on any atom is -0.370 e. The summed E-state index contributed by atoms with van der Waals surface area (Å²) in [4.78, 5) is 0. The Morgan fingerprint density at radius 2 is 2.12 bits per heavy atom. The van der Waals surface area contributed by atoms with Crippen LogP contribution in [0.25, 0.3) is 0 Å². The van der Waals surface area contributed by atoms with Crippen molar-refractivity contribution < 1.29 is 4.74 Å². The maximum absolute atomic E-state index is 6.22. The molecule has 2 rings (SSSR count). The van der Waals surface area contributed by atoms with Crippen molar-refractivity contribution >= 4 is 11.6 Å². The fraction of sp³-hybridized carbons (Fsp3) is 1.00. The fourth-order valence-corrected chi connectivity index (χ4v) is 3.08. The number of rotatable bonds is 5. The maximum atomic E-state index is 6.22. The highest BCUT2D eigenvalue weighted by Crippen LogP contribution is 2.43. The molecule has 0 aromatic rings. The molecule has 1 heterocycles. The predicted octanol–water partition coefficient (Wildman–Crippen LogP) is 3.09. The number of ether oxygens (including phenoxy) is 1. The van der Waals surface area contributed by atoms with Gasteiger partial charge < -0.3 is 10.1 Å². The minimum absolute atomic E-state index is 0.266. The number of hydrogen-bond donors (Lipinski definition) is 1. The fourth-order valence-electron chi connectivity index (χ4n) is 2.97. The highest BCUT2D eigenvalue weighted by Gasteiger charge is 2.41. The molecule has 1 aliphatic carbocycles. The first kappa shape index (κ1) is 12.7. The second-order valence-electron chi connectivity index (χ2n) is 5.33. The van der Waals surface area contributed by atoms with Crippen LogP contribution in [-0.2, 0) is 4.74 Å². The van der Waals surface area contributed by atoms with Gasteiger partial charge in [-0.05, 0) is 32.1 Å². The summed E-state index contributed by atoms with van der Waals surface area (Å²) < 4.78 is 6.22. The van der Waals surface area contributed by atoms with Gasteiger partial charge >= 0.3 is 0 Å². The Balaban J connectivity index is 1.65. The summed E-state index contributed by atoms with van der Waals surface area (Å²) in [5, 5.41) is 3.69. The van der Waals surface area contributed by atoms with Gasteiger partial charge in [0.1, 0.15) is 0 Å². The molecule has 0 amide bonds. The van der Waals surface area contributed by atoms with Gasteiger partial charge in [-0.1, -0.05) is 19.8 Å². The lowest BCUT2D eigenvalue weighted by atomic mass is 9.98. The molecule has 2 atom stereocenters. The first-order valence-electron chi connectivity index (χ1n) is 6.77. The summed E-state index contributed by atoms with van der Waals surface area (Å²) in [5.41, 5.74) is 0.275. The molecule has 1 aliphatic heterocycles. The van der Waals surface area contributed by atoms with E-state index in [0.29, 0.717) is 6.10 Å². The Labute approximate surface area is 104 Å². The Morgan fingerprint density at radius 1 is 1.38 bits per heavy atom. The highest BCUT2D eigenvalue weighted by molar-refractivity contribution is 6.20. The Kier molecular flexibility index (Phi) is 4.51. The number of nitrogens with one attached hydrogen (secondary N) is 1. The number of alkyl halides is 1. The van der Waals surface area contributed by atoms with E-state index in [1.165, 1.54) is 38.5 Å². The molecule has 0 bridgehead atoms. The van der Waals surface area contributed by atoms with Crippen molar-refractivity contribution in [2.24, 2.45) is 0 Å². The summed E-state index contributed by atoms with van der Waals surface area (Å²) in [7, 11) is 0. The van der Waals surface area contributed by atoms with Crippen LogP contribution in [0, 0.1) is 0 Å². The van der Waals surface area contributed by atoms with E-state index >= 15 is 0 Å². The second kappa shape index (κ2) is 5.70. The van der Waals surface area contributed by atoms with E-state index in [1.54, 1.807) is 0 Å². The van der Waals surface area contributed by atoms with E-state index in [2.05, 4.69) is 12.2 Å². The maximum Gasteiger partial charge on any atom is 0.0708 e. The van der Waals surface area contributed by atoms with Crippen molar-refractivity contribution in [1.82, 2.24) is 5.32 Å². The molecule has 2 unspecified atom stereocenters. The van der Waals surface area contributed by atoms with Gasteiger partial charge in [0, 0.05) is 18.5 Å². The summed E-state index contributed by atoms with van der Waals surface area (Å²) in [6, 6.07) is 0. The third-order valence-electron chi connectivity index (χ3n) is 4.03. The third kappa shape index (κ3) is 3.12. The molecule has 2 aliphatic rings. The lowest BCUT2D eigenvalue weighted by Crippen LogP contribution is -2.33. The van der Waals surface area contributed by atoms with Crippen LogP contribution in [0.4, 0.5) is 0 Å². The van der Waals surface area contributed by atoms with E-state index in [9.17, 15) is 0 Å². The zero-order chi connectivity index (χ0) is 11.4. The summed E-state index contributed by atoms with van der Waals surface area (Å²) in [5.74, 6) is 0. The molecule has 16 heavy (non-hydrogen) atoms. The smallest absolute Gasteiger partial charge is 0.0708 e. The standard InChI is InChI=1S/C13H24ClNO/c1-2-11(14)9-15-10-12-5-8-13(16-12)6-3-4-7-13/h11-12,15H,2-10H2,1H3. The predicted molar refractivity (Wildman–Crippen MR) is 68.1 cm³/mol. The molecule has 1 saturated heterocycles. The molecule has 1 N–H and O–H groups in total. The van der Waals surface area contributed by atoms with Gasteiger partial charge in [-0.3, -0.25) is 0 Å². The van der Waals surface area contributed by atoms with E-state index < -0.39 is 0 Å². The Morgan fingerprint density at radius 3 is 2.81 bits per heavy atom. The first-order valence-corrected chi connectivity index (χ1v) is 7.20. The van der Waals surface area contributed by atoms with Crippen LogP contribution in [0.2, 0.25) is 0 Å². The molecule has 0 radical (unpaired) electrons. The van der Waals surface area contributed by atoms with Crippen molar-refractivity contribution in [1.29, 1.82) is 0 Å². The van der Waals surface area contributed by atoms with E-state index in [4.69, 9.17) is 16.3 Å². The quantitative estimate of drug-likeness (QED) is 0.752. The van der Waals surface area contributed by atoms with E-state index in [1.807, 2.05) is 0 Å². The van der Waals surface area contributed by atoms with Crippen molar-refractivity contribution in [2.45, 2.75) is 69.0 Å².